The lowest BCUT2D eigenvalue weighted by Gasteiger charge is -2.46. The first kappa shape index (κ1) is 20.3. The molecule has 2 saturated heterocycles. The average Bonchev–Trinajstić information content (AvgIpc) is 3.13. The number of benzene rings is 2. The lowest BCUT2D eigenvalue weighted by atomic mass is 10.2. The Morgan fingerprint density at radius 3 is 2.41 bits per heavy atom. The van der Waals surface area contributed by atoms with Crippen molar-refractivity contribution in [1.82, 2.24) is 0 Å². The number of ether oxygens (including phenoxy) is 1. The van der Waals surface area contributed by atoms with Gasteiger partial charge in [-0.2, -0.15) is 0 Å². The average molecular weight is 416 g/mol. The summed E-state index contributed by atoms with van der Waals surface area (Å²) in [4.78, 5) is 15.1. The van der Waals surface area contributed by atoms with E-state index in [1.807, 2.05) is 35.2 Å². The number of anilines is 1. The first-order chi connectivity index (χ1) is 14.2. The van der Waals surface area contributed by atoms with E-state index in [1.165, 1.54) is 55.4 Å². The number of carbonyl (C=O) groups is 1. The van der Waals surface area contributed by atoms with Gasteiger partial charge < -0.3 is 9.64 Å². The SMILES string of the molecule is O=C(COc1ccccc1F)N(CC1CCCS12CCCCC2)c1ccccc1. The highest BCUT2D eigenvalue weighted by Crippen LogP contribution is 2.62. The Morgan fingerprint density at radius 1 is 0.966 bits per heavy atom. The van der Waals surface area contributed by atoms with E-state index in [2.05, 4.69) is 0 Å². The normalized spacial score (nSPS) is 21.6. The molecule has 2 aromatic rings. The van der Waals surface area contributed by atoms with Gasteiger partial charge in [0.05, 0.1) is 0 Å². The van der Waals surface area contributed by atoms with Crippen LogP contribution in [0, 0.1) is 5.82 Å². The minimum Gasteiger partial charge on any atom is -0.481 e. The van der Waals surface area contributed by atoms with Crippen LogP contribution in [0.3, 0.4) is 0 Å². The summed E-state index contributed by atoms with van der Waals surface area (Å²) in [6.07, 6.45) is 6.57. The molecule has 0 radical (unpaired) electrons. The van der Waals surface area contributed by atoms with Crippen LogP contribution >= 0.6 is 10.0 Å². The van der Waals surface area contributed by atoms with Crippen molar-refractivity contribution in [3.8, 4) is 5.75 Å². The molecule has 29 heavy (non-hydrogen) atoms. The second kappa shape index (κ2) is 9.21. The third-order valence-electron chi connectivity index (χ3n) is 6.33. The second-order valence-corrected chi connectivity index (χ2v) is 12.2. The molecule has 2 fully saturated rings. The maximum absolute atomic E-state index is 13.9. The third kappa shape index (κ3) is 4.61. The number of hydrogen-bond acceptors (Lipinski definition) is 2. The molecular weight excluding hydrogens is 385 g/mol. The van der Waals surface area contributed by atoms with Gasteiger partial charge in [-0.05, 0) is 67.2 Å². The highest BCUT2D eigenvalue weighted by atomic mass is 32.3. The lowest BCUT2D eigenvalue weighted by Crippen LogP contribution is -2.42. The Labute approximate surface area is 174 Å². The Hall–Kier alpha value is -2.01. The van der Waals surface area contributed by atoms with E-state index in [-0.39, 0.29) is 18.3 Å². The molecule has 0 aromatic heterocycles. The summed E-state index contributed by atoms with van der Waals surface area (Å²) in [5.41, 5.74) is 0.909. The van der Waals surface area contributed by atoms with Gasteiger partial charge in [-0.3, -0.25) is 4.79 Å². The molecule has 1 unspecified atom stereocenters. The van der Waals surface area contributed by atoms with E-state index in [1.54, 1.807) is 18.2 Å². The van der Waals surface area contributed by atoms with Gasteiger partial charge in [0.1, 0.15) is 0 Å². The van der Waals surface area contributed by atoms with Crippen molar-refractivity contribution in [3.05, 3.63) is 60.4 Å². The molecule has 1 amide bonds. The lowest BCUT2D eigenvalue weighted by molar-refractivity contribution is -0.120. The highest BCUT2D eigenvalue weighted by molar-refractivity contribution is 8.34. The molecule has 0 aliphatic carbocycles. The molecule has 3 nitrogen and oxygen atoms in total. The molecule has 5 heteroatoms. The van der Waals surface area contributed by atoms with Crippen LogP contribution in [0.4, 0.5) is 10.1 Å². The number of nitrogens with zero attached hydrogens (tertiary/aromatic N) is 1. The smallest absolute Gasteiger partial charge is 0.264 e. The van der Waals surface area contributed by atoms with Crippen LogP contribution in [0.15, 0.2) is 54.6 Å². The van der Waals surface area contributed by atoms with Crippen molar-refractivity contribution in [3.63, 3.8) is 0 Å². The second-order valence-electron chi connectivity index (χ2n) is 8.11. The van der Waals surface area contributed by atoms with E-state index in [0.29, 0.717) is 5.25 Å². The number of para-hydroxylation sites is 2. The van der Waals surface area contributed by atoms with E-state index in [9.17, 15) is 9.18 Å². The van der Waals surface area contributed by atoms with E-state index >= 15 is 0 Å². The molecule has 0 saturated carbocycles. The van der Waals surface area contributed by atoms with Crippen molar-refractivity contribution in [2.75, 3.05) is 35.3 Å². The van der Waals surface area contributed by atoms with Crippen LogP contribution in [0.2, 0.25) is 0 Å². The topological polar surface area (TPSA) is 29.5 Å². The van der Waals surface area contributed by atoms with E-state index < -0.39 is 15.8 Å². The molecule has 4 rings (SSSR count). The van der Waals surface area contributed by atoms with Gasteiger partial charge in [0, 0.05) is 17.5 Å². The van der Waals surface area contributed by atoms with Crippen LogP contribution in [0.1, 0.15) is 32.1 Å². The van der Waals surface area contributed by atoms with Crippen molar-refractivity contribution in [2.24, 2.45) is 0 Å². The van der Waals surface area contributed by atoms with E-state index in [4.69, 9.17) is 4.74 Å². The van der Waals surface area contributed by atoms with Crippen LogP contribution in [0.25, 0.3) is 0 Å². The van der Waals surface area contributed by atoms with Crippen molar-refractivity contribution in [1.29, 1.82) is 0 Å². The summed E-state index contributed by atoms with van der Waals surface area (Å²) in [7, 11) is -0.608. The Morgan fingerprint density at radius 2 is 1.66 bits per heavy atom. The largest absolute Gasteiger partial charge is 0.481 e. The molecule has 2 aromatic carbocycles. The number of hydrogen-bond donors (Lipinski definition) is 0. The highest BCUT2D eigenvalue weighted by Gasteiger charge is 2.40. The standard InChI is InChI=1S/C24H30FNO2S/c25-22-13-5-6-14-23(22)28-19-24(27)26(20-10-3-1-4-11-20)18-21-12-9-17-29(21)15-7-2-8-16-29/h1,3-6,10-11,13-14,21H,2,7-9,12,15-19H2. The first-order valence-corrected chi connectivity index (χ1v) is 12.9. The molecule has 0 N–H and O–H groups in total. The number of halogens is 1. The summed E-state index contributed by atoms with van der Waals surface area (Å²) < 4.78 is 19.4. The van der Waals surface area contributed by atoms with Gasteiger partial charge in [-0.25, -0.2) is 14.4 Å². The van der Waals surface area contributed by atoms with Crippen molar-refractivity contribution in [2.45, 2.75) is 37.4 Å². The molecule has 2 heterocycles. The zero-order valence-electron chi connectivity index (χ0n) is 16.9. The fourth-order valence-corrected chi connectivity index (χ4v) is 9.85. The van der Waals surface area contributed by atoms with E-state index in [0.717, 1.165) is 12.2 Å². The van der Waals surface area contributed by atoms with Gasteiger partial charge >= 0.3 is 0 Å². The fourth-order valence-electron chi connectivity index (χ4n) is 4.80. The molecule has 0 bridgehead atoms. The summed E-state index contributed by atoms with van der Waals surface area (Å²) in [6, 6.07) is 16.1. The van der Waals surface area contributed by atoms with Gasteiger partial charge in [0.2, 0.25) is 0 Å². The fraction of sp³-hybridized carbons (Fsp3) is 0.458. The third-order valence-corrected chi connectivity index (χ3v) is 11.4. The summed E-state index contributed by atoms with van der Waals surface area (Å²) in [5, 5.41) is 0.611. The molecule has 1 atom stereocenters. The quantitative estimate of drug-likeness (QED) is 0.633. The summed E-state index contributed by atoms with van der Waals surface area (Å²) >= 11 is 0. The monoisotopic (exact) mass is 415 g/mol. The maximum atomic E-state index is 13.9. The minimum absolute atomic E-state index is 0.100. The number of rotatable bonds is 6. The van der Waals surface area contributed by atoms with Gasteiger partial charge in [-0.15, -0.1) is 0 Å². The predicted molar refractivity (Wildman–Crippen MR) is 120 cm³/mol. The predicted octanol–water partition coefficient (Wildman–Crippen LogP) is 5.39. The van der Waals surface area contributed by atoms with Crippen molar-refractivity contribution < 1.29 is 13.9 Å². The first-order valence-electron chi connectivity index (χ1n) is 10.7. The van der Waals surface area contributed by atoms with Crippen molar-refractivity contribution >= 4 is 21.6 Å². The Kier molecular flexibility index (Phi) is 6.43. The van der Waals surface area contributed by atoms with Crippen LogP contribution in [-0.4, -0.2) is 41.6 Å². The minimum atomic E-state index is -0.608. The Balaban J connectivity index is 1.51. The van der Waals surface area contributed by atoms with Gasteiger partial charge in [0.25, 0.3) is 5.91 Å². The zero-order valence-corrected chi connectivity index (χ0v) is 17.7. The zero-order chi connectivity index (χ0) is 20.1. The number of carbonyl (C=O) groups excluding carboxylic acids is 1. The van der Waals surface area contributed by atoms with Crippen LogP contribution in [0.5, 0.6) is 5.75 Å². The molecule has 156 valence electrons. The molecule has 2 aliphatic heterocycles. The molecule has 2 aliphatic rings. The molecule has 1 spiro atoms. The van der Waals surface area contributed by atoms with Crippen LogP contribution < -0.4 is 9.64 Å². The summed E-state index contributed by atoms with van der Waals surface area (Å²) in [5.74, 6) is 3.72. The van der Waals surface area contributed by atoms with Gasteiger partial charge in [0.15, 0.2) is 18.2 Å². The summed E-state index contributed by atoms with van der Waals surface area (Å²) in [6.45, 7) is 0.615. The Bertz CT molecular complexity index is 823. The van der Waals surface area contributed by atoms with Crippen LogP contribution in [-0.2, 0) is 4.79 Å². The number of amides is 1. The molecular formula is C24H30FNO2S. The maximum Gasteiger partial charge on any atom is 0.264 e. The van der Waals surface area contributed by atoms with Gasteiger partial charge in [-0.1, -0.05) is 36.8 Å².